The maximum absolute atomic E-state index is 11.8. The van der Waals surface area contributed by atoms with Crippen molar-refractivity contribution in [1.82, 2.24) is 0 Å². The number of nitrogens with zero attached hydrogens (tertiary/aromatic N) is 1. The molecule has 2 aromatic rings. The zero-order valence-electron chi connectivity index (χ0n) is 13.3. The fourth-order valence-electron chi connectivity index (χ4n) is 2.18. The highest BCUT2D eigenvalue weighted by Gasteiger charge is 2.11. The van der Waals surface area contributed by atoms with Crippen LogP contribution in [-0.4, -0.2) is 12.6 Å². The van der Waals surface area contributed by atoms with Gasteiger partial charge in [0.15, 0.2) is 6.61 Å². The van der Waals surface area contributed by atoms with Crippen LogP contribution in [0.25, 0.3) is 0 Å². The number of hydrogen-bond donors (Lipinski definition) is 0. The first-order chi connectivity index (χ1) is 11.1. The fraction of sp³-hybridized carbons (Fsp3) is 0.263. The van der Waals surface area contributed by atoms with E-state index in [9.17, 15) is 4.79 Å². The van der Waals surface area contributed by atoms with Crippen molar-refractivity contribution in [3.8, 4) is 11.8 Å². The molecule has 4 nitrogen and oxygen atoms in total. The van der Waals surface area contributed by atoms with Crippen LogP contribution in [0.3, 0.4) is 0 Å². The van der Waals surface area contributed by atoms with E-state index in [1.54, 1.807) is 24.3 Å². The highest BCUT2D eigenvalue weighted by molar-refractivity contribution is 5.71. The van der Waals surface area contributed by atoms with Crippen LogP contribution in [0.4, 0.5) is 0 Å². The van der Waals surface area contributed by atoms with Crippen molar-refractivity contribution in [3.63, 3.8) is 0 Å². The standard InChI is InChI=1S/C19H19NO3/c1-14(2)17-9-5-6-10-18(17)22-13-19(21)23-12-16-8-4-3-7-15(16)11-20/h3-10,14H,12-13H2,1-2H3. The van der Waals surface area contributed by atoms with Crippen LogP contribution >= 0.6 is 0 Å². The van der Waals surface area contributed by atoms with Crippen molar-refractivity contribution >= 4 is 5.97 Å². The van der Waals surface area contributed by atoms with Crippen molar-refractivity contribution in [2.24, 2.45) is 0 Å². The molecule has 0 saturated heterocycles. The van der Waals surface area contributed by atoms with Gasteiger partial charge in [-0.2, -0.15) is 5.26 Å². The van der Waals surface area contributed by atoms with E-state index in [0.29, 0.717) is 22.8 Å². The molecule has 0 bridgehead atoms. The highest BCUT2D eigenvalue weighted by Crippen LogP contribution is 2.25. The van der Waals surface area contributed by atoms with E-state index >= 15 is 0 Å². The predicted molar refractivity (Wildman–Crippen MR) is 87.0 cm³/mol. The molecule has 0 heterocycles. The first-order valence-electron chi connectivity index (χ1n) is 7.47. The molecule has 0 spiro atoms. The normalized spacial score (nSPS) is 10.2. The molecule has 4 heteroatoms. The quantitative estimate of drug-likeness (QED) is 0.761. The smallest absolute Gasteiger partial charge is 0.344 e. The molecule has 0 unspecified atom stereocenters. The molecule has 2 rings (SSSR count). The number of ether oxygens (including phenoxy) is 2. The summed E-state index contributed by atoms with van der Waals surface area (Å²) in [5.41, 5.74) is 2.24. The van der Waals surface area contributed by atoms with E-state index < -0.39 is 5.97 Å². The Kier molecular flexibility index (Phi) is 5.76. The molecule has 0 atom stereocenters. The Morgan fingerprint density at radius 2 is 1.83 bits per heavy atom. The minimum absolute atomic E-state index is 0.0672. The van der Waals surface area contributed by atoms with Crippen molar-refractivity contribution in [2.75, 3.05) is 6.61 Å². The Morgan fingerprint density at radius 3 is 2.57 bits per heavy atom. The lowest BCUT2D eigenvalue weighted by Crippen LogP contribution is -2.15. The third-order valence-electron chi connectivity index (χ3n) is 3.41. The van der Waals surface area contributed by atoms with Crippen LogP contribution in [0, 0.1) is 11.3 Å². The molecule has 2 aromatic carbocycles. The minimum atomic E-state index is -0.462. The van der Waals surface area contributed by atoms with Gasteiger partial charge in [0.1, 0.15) is 12.4 Å². The number of hydrogen-bond acceptors (Lipinski definition) is 4. The lowest BCUT2D eigenvalue weighted by atomic mass is 10.0. The summed E-state index contributed by atoms with van der Waals surface area (Å²) in [6.07, 6.45) is 0. The number of rotatable bonds is 6. The summed E-state index contributed by atoms with van der Waals surface area (Å²) in [6.45, 7) is 4.05. The molecule has 118 valence electrons. The average molecular weight is 309 g/mol. The Hall–Kier alpha value is -2.80. The van der Waals surface area contributed by atoms with Gasteiger partial charge in [-0.1, -0.05) is 50.2 Å². The molecule has 0 saturated carbocycles. The Bertz CT molecular complexity index is 717. The van der Waals surface area contributed by atoms with Crippen LogP contribution in [0.15, 0.2) is 48.5 Å². The minimum Gasteiger partial charge on any atom is -0.482 e. The molecule has 0 amide bonds. The lowest BCUT2D eigenvalue weighted by molar-refractivity contribution is -0.147. The van der Waals surface area contributed by atoms with E-state index in [-0.39, 0.29) is 13.2 Å². The maximum atomic E-state index is 11.8. The summed E-state index contributed by atoms with van der Waals surface area (Å²) in [5, 5.41) is 9.00. The SMILES string of the molecule is CC(C)c1ccccc1OCC(=O)OCc1ccccc1C#N. The molecule has 0 aliphatic rings. The van der Waals surface area contributed by atoms with Gasteiger partial charge in [0, 0.05) is 5.56 Å². The lowest BCUT2D eigenvalue weighted by Gasteiger charge is -2.13. The van der Waals surface area contributed by atoms with Gasteiger partial charge in [0.2, 0.25) is 0 Å². The van der Waals surface area contributed by atoms with Gasteiger partial charge in [-0.3, -0.25) is 0 Å². The van der Waals surface area contributed by atoms with E-state index in [1.807, 2.05) is 24.3 Å². The molecular formula is C19H19NO3. The third kappa shape index (κ3) is 4.58. The number of nitriles is 1. The molecule has 0 fully saturated rings. The predicted octanol–water partition coefficient (Wildman–Crippen LogP) is 3.80. The van der Waals surface area contributed by atoms with Crippen molar-refractivity contribution in [2.45, 2.75) is 26.4 Å². The van der Waals surface area contributed by atoms with Gasteiger partial charge in [0.05, 0.1) is 11.6 Å². The number of carbonyl (C=O) groups excluding carboxylic acids is 1. The third-order valence-corrected chi connectivity index (χ3v) is 3.41. The molecule has 0 N–H and O–H groups in total. The van der Waals surface area contributed by atoms with Crippen LogP contribution < -0.4 is 4.74 Å². The van der Waals surface area contributed by atoms with Gasteiger partial charge >= 0.3 is 5.97 Å². The zero-order valence-corrected chi connectivity index (χ0v) is 13.3. The zero-order chi connectivity index (χ0) is 16.7. The molecule has 0 aliphatic heterocycles. The number of para-hydroxylation sites is 1. The monoisotopic (exact) mass is 309 g/mol. The molecule has 23 heavy (non-hydrogen) atoms. The number of esters is 1. The Morgan fingerprint density at radius 1 is 1.13 bits per heavy atom. The summed E-state index contributed by atoms with van der Waals surface area (Å²) in [6, 6.07) is 16.7. The van der Waals surface area contributed by atoms with Crippen molar-refractivity contribution < 1.29 is 14.3 Å². The summed E-state index contributed by atoms with van der Waals surface area (Å²) in [5.74, 6) is 0.540. The summed E-state index contributed by atoms with van der Waals surface area (Å²) in [4.78, 5) is 11.8. The van der Waals surface area contributed by atoms with E-state index in [1.165, 1.54) is 0 Å². The highest BCUT2D eigenvalue weighted by atomic mass is 16.6. The first kappa shape index (κ1) is 16.6. The first-order valence-corrected chi connectivity index (χ1v) is 7.47. The van der Waals surface area contributed by atoms with E-state index in [0.717, 1.165) is 5.56 Å². The van der Waals surface area contributed by atoms with Gasteiger partial charge in [-0.05, 0) is 23.6 Å². The van der Waals surface area contributed by atoms with E-state index in [2.05, 4.69) is 19.9 Å². The van der Waals surface area contributed by atoms with Gasteiger partial charge in [0.25, 0.3) is 0 Å². The molecule has 0 radical (unpaired) electrons. The summed E-state index contributed by atoms with van der Waals surface area (Å²) in [7, 11) is 0. The summed E-state index contributed by atoms with van der Waals surface area (Å²) >= 11 is 0. The van der Waals surface area contributed by atoms with Gasteiger partial charge in [-0.15, -0.1) is 0 Å². The second kappa shape index (κ2) is 8.00. The Labute approximate surface area is 136 Å². The van der Waals surface area contributed by atoms with Crippen LogP contribution in [0.1, 0.15) is 36.5 Å². The molecule has 0 aliphatic carbocycles. The van der Waals surface area contributed by atoms with Crippen LogP contribution in [0.2, 0.25) is 0 Å². The average Bonchev–Trinajstić information content (AvgIpc) is 2.58. The van der Waals surface area contributed by atoms with Gasteiger partial charge < -0.3 is 9.47 Å². The maximum Gasteiger partial charge on any atom is 0.344 e. The molecule has 0 aromatic heterocycles. The molecular weight excluding hydrogens is 290 g/mol. The summed E-state index contributed by atoms with van der Waals surface area (Å²) < 4.78 is 10.7. The van der Waals surface area contributed by atoms with Crippen LogP contribution in [-0.2, 0) is 16.1 Å². The largest absolute Gasteiger partial charge is 0.482 e. The number of carbonyl (C=O) groups is 1. The number of benzene rings is 2. The van der Waals surface area contributed by atoms with Crippen LogP contribution in [0.5, 0.6) is 5.75 Å². The van der Waals surface area contributed by atoms with Gasteiger partial charge in [-0.25, -0.2) is 4.79 Å². The topological polar surface area (TPSA) is 59.3 Å². The second-order valence-electron chi connectivity index (χ2n) is 5.41. The van der Waals surface area contributed by atoms with Crippen molar-refractivity contribution in [1.29, 1.82) is 5.26 Å². The Balaban J connectivity index is 1.90. The van der Waals surface area contributed by atoms with Crippen molar-refractivity contribution in [3.05, 3.63) is 65.2 Å². The second-order valence-corrected chi connectivity index (χ2v) is 5.41. The van der Waals surface area contributed by atoms with E-state index in [4.69, 9.17) is 14.7 Å². The fourth-order valence-corrected chi connectivity index (χ4v) is 2.18.